The number of hydrogen-bond donors (Lipinski definition) is 4. The Bertz CT molecular complexity index is 345. The third-order valence-electron chi connectivity index (χ3n) is 5.49. The summed E-state index contributed by atoms with van der Waals surface area (Å²) in [4.78, 5) is 12.2. The third kappa shape index (κ3) is 31.3. The summed E-state index contributed by atoms with van der Waals surface area (Å²) in [5, 5.41) is 25.5. The van der Waals surface area contributed by atoms with E-state index < -0.39 is 6.09 Å². The Labute approximate surface area is 197 Å². The lowest BCUT2D eigenvalue weighted by atomic mass is 10.0. The number of unbranched alkanes of at least 4 members (excludes halogenated alkanes) is 15. The predicted molar refractivity (Wildman–Crippen MR) is 133 cm³/mol. The number of carbonyl (C=O) groups excluding carboxylic acids is 1. The van der Waals surface area contributed by atoms with Crippen LogP contribution in [-0.4, -0.2) is 72.4 Å². The Morgan fingerprint density at radius 2 is 0.938 bits per heavy atom. The first-order valence-electron chi connectivity index (χ1n) is 13.1. The van der Waals surface area contributed by atoms with Gasteiger partial charge in [-0.15, -0.1) is 0 Å². The molecule has 0 saturated heterocycles. The van der Waals surface area contributed by atoms with Gasteiger partial charge in [-0.25, -0.2) is 4.79 Å². The van der Waals surface area contributed by atoms with Crippen molar-refractivity contribution in [1.82, 2.24) is 4.90 Å². The first-order valence-corrected chi connectivity index (χ1v) is 13.1. The molecular formula is C25H54N2O5. The first kappa shape index (κ1) is 33.3. The highest BCUT2D eigenvalue weighted by atomic mass is 16.5. The zero-order valence-electron chi connectivity index (χ0n) is 20.9. The number of primary amides is 1. The number of nitrogens with two attached hydrogens (primary N) is 1. The maximum Gasteiger partial charge on any atom is 0.404 e. The molecule has 0 unspecified atom stereocenters. The van der Waals surface area contributed by atoms with Crippen LogP contribution >= 0.6 is 0 Å². The molecule has 0 saturated carbocycles. The highest BCUT2D eigenvalue weighted by molar-refractivity contribution is 5.64. The number of nitrogens with zero attached hydrogens (tertiary/aromatic N) is 1. The van der Waals surface area contributed by atoms with Crippen LogP contribution < -0.4 is 5.73 Å². The molecule has 1 amide bonds. The lowest BCUT2D eigenvalue weighted by Crippen LogP contribution is -2.32. The van der Waals surface area contributed by atoms with Crippen LogP contribution in [0.15, 0.2) is 0 Å². The summed E-state index contributed by atoms with van der Waals surface area (Å²) in [5.74, 6) is 0. The van der Waals surface area contributed by atoms with Crippen LogP contribution in [0.1, 0.15) is 110 Å². The quantitative estimate of drug-likeness (QED) is 0.165. The van der Waals surface area contributed by atoms with Crippen LogP contribution in [0, 0.1) is 0 Å². The second kappa shape index (κ2) is 30.1. The molecule has 0 bridgehead atoms. The normalized spacial score (nSPS) is 10.8. The van der Waals surface area contributed by atoms with Gasteiger partial charge in [-0.2, -0.15) is 0 Å². The summed E-state index contributed by atoms with van der Waals surface area (Å²) in [5.41, 5.74) is 4.90. The topological polar surface area (TPSA) is 116 Å². The van der Waals surface area contributed by atoms with Gasteiger partial charge in [0.05, 0.1) is 26.4 Å². The van der Waals surface area contributed by atoms with Gasteiger partial charge in [0, 0.05) is 19.6 Å². The molecule has 7 nitrogen and oxygen atoms in total. The minimum absolute atomic E-state index is 0.0694. The first-order chi connectivity index (χ1) is 15.6. The van der Waals surface area contributed by atoms with Gasteiger partial charge in [-0.3, -0.25) is 4.90 Å². The lowest BCUT2D eigenvalue weighted by molar-refractivity contribution is 0.136. The molecule has 0 heterocycles. The van der Waals surface area contributed by atoms with Crippen LogP contribution in [-0.2, 0) is 4.74 Å². The minimum Gasteiger partial charge on any atom is -0.450 e. The molecule has 0 aromatic carbocycles. The van der Waals surface area contributed by atoms with E-state index in [1.165, 1.54) is 89.9 Å². The van der Waals surface area contributed by atoms with Crippen molar-refractivity contribution in [3.63, 3.8) is 0 Å². The molecule has 194 valence electrons. The molecule has 0 aliphatic carbocycles. The van der Waals surface area contributed by atoms with Crippen molar-refractivity contribution < 1.29 is 24.9 Å². The minimum atomic E-state index is -0.652. The molecule has 0 aliphatic rings. The fourth-order valence-electron chi connectivity index (χ4n) is 3.58. The van der Waals surface area contributed by atoms with Crippen molar-refractivity contribution in [3.05, 3.63) is 0 Å². The highest BCUT2D eigenvalue weighted by Crippen LogP contribution is 2.13. The molecule has 0 spiro atoms. The van der Waals surface area contributed by atoms with Crippen LogP contribution in [0.3, 0.4) is 0 Å². The summed E-state index contributed by atoms with van der Waals surface area (Å²) >= 11 is 0. The van der Waals surface area contributed by atoms with E-state index in [4.69, 9.17) is 25.8 Å². The Morgan fingerprint density at radius 1 is 0.625 bits per heavy atom. The Kier molecular flexibility index (Phi) is 31.3. The Morgan fingerprint density at radius 3 is 1.22 bits per heavy atom. The van der Waals surface area contributed by atoms with E-state index in [1.807, 2.05) is 0 Å². The van der Waals surface area contributed by atoms with Crippen LogP contribution in [0.25, 0.3) is 0 Å². The zero-order chi connectivity index (χ0) is 24.1. The Hall–Kier alpha value is -0.890. The van der Waals surface area contributed by atoms with Crippen molar-refractivity contribution in [3.8, 4) is 0 Å². The fourth-order valence-corrected chi connectivity index (χ4v) is 3.58. The van der Waals surface area contributed by atoms with Gasteiger partial charge in [-0.05, 0) is 6.42 Å². The van der Waals surface area contributed by atoms with Crippen LogP contribution in [0.5, 0.6) is 0 Å². The van der Waals surface area contributed by atoms with E-state index in [0.717, 1.165) is 12.8 Å². The zero-order valence-corrected chi connectivity index (χ0v) is 20.9. The second-order valence-corrected chi connectivity index (χ2v) is 8.48. The second-order valence-electron chi connectivity index (χ2n) is 8.48. The largest absolute Gasteiger partial charge is 0.450 e. The van der Waals surface area contributed by atoms with Crippen molar-refractivity contribution in [1.29, 1.82) is 0 Å². The summed E-state index contributed by atoms with van der Waals surface area (Å²) < 4.78 is 4.70. The monoisotopic (exact) mass is 462 g/mol. The third-order valence-corrected chi connectivity index (χ3v) is 5.49. The number of aliphatic hydroxyl groups is 3. The number of carbonyl (C=O) groups is 1. The highest BCUT2D eigenvalue weighted by Gasteiger charge is 2.00. The van der Waals surface area contributed by atoms with Crippen molar-refractivity contribution in [2.24, 2.45) is 5.73 Å². The van der Waals surface area contributed by atoms with Crippen molar-refractivity contribution >= 4 is 6.09 Å². The number of ether oxygens (including phenoxy) is 1. The van der Waals surface area contributed by atoms with Gasteiger partial charge in [0.1, 0.15) is 0 Å². The average molecular weight is 463 g/mol. The number of rotatable bonds is 23. The van der Waals surface area contributed by atoms with Gasteiger partial charge in [-0.1, -0.05) is 103 Å². The van der Waals surface area contributed by atoms with E-state index in [9.17, 15) is 4.79 Å². The van der Waals surface area contributed by atoms with Gasteiger partial charge in [0.25, 0.3) is 0 Å². The molecule has 0 radical (unpaired) electrons. The number of amides is 1. The van der Waals surface area contributed by atoms with Crippen molar-refractivity contribution in [2.75, 3.05) is 46.1 Å². The smallest absolute Gasteiger partial charge is 0.404 e. The lowest BCUT2D eigenvalue weighted by Gasteiger charge is -2.17. The predicted octanol–water partition coefficient (Wildman–Crippen LogP) is 4.61. The SMILES string of the molecule is CCCCCCCCCCCCCCCCCCOC(N)=O.OCCN(CCO)CCO. The van der Waals surface area contributed by atoms with E-state index >= 15 is 0 Å². The molecule has 0 aromatic heterocycles. The molecule has 0 aromatic rings. The van der Waals surface area contributed by atoms with E-state index in [0.29, 0.717) is 26.2 Å². The van der Waals surface area contributed by atoms with Crippen molar-refractivity contribution in [2.45, 2.75) is 110 Å². The average Bonchev–Trinajstić information content (AvgIpc) is 2.77. The molecule has 5 N–H and O–H groups in total. The maximum atomic E-state index is 10.4. The van der Waals surface area contributed by atoms with Crippen LogP contribution in [0.4, 0.5) is 4.79 Å². The van der Waals surface area contributed by atoms with E-state index in [2.05, 4.69) is 6.92 Å². The standard InChI is InChI=1S/C19H39NO2.C6H15NO3/c1-2-3-4-5-6-7-8-9-10-11-12-13-14-15-16-17-18-22-19(20)21;8-4-1-7(2-5-9)3-6-10/h2-18H2,1H3,(H2,20,21);8-10H,1-6H2. The van der Waals surface area contributed by atoms with Gasteiger partial charge < -0.3 is 25.8 Å². The fraction of sp³-hybridized carbons (Fsp3) is 0.960. The van der Waals surface area contributed by atoms with Crippen LogP contribution in [0.2, 0.25) is 0 Å². The molecule has 0 rings (SSSR count). The molecular weight excluding hydrogens is 408 g/mol. The van der Waals surface area contributed by atoms with E-state index in [-0.39, 0.29) is 19.8 Å². The molecule has 32 heavy (non-hydrogen) atoms. The molecule has 7 heteroatoms. The summed E-state index contributed by atoms with van der Waals surface area (Å²) in [6, 6.07) is 0. The van der Waals surface area contributed by atoms with E-state index in [1.54, 1.807) is 4.90 Å². The Balaban J connectivity index is 0. The van der Waals surface area contributed by atoms with Gasteiger partial charge in [0.15, 0.2) is 0 Å². The summed E-state index contributed by atoms with van der Waals surface area (Å²) in [6.45, 7) is 4.51. The molecule has 0 atom stereocenters. The number of hydrogen-bond acceptors (Lipinski definition) is 6. The summed E-state index contributed by atoms with van der Waals surface area (Å²) in [6.07, 6.45) is 21.0. The number of aliphatic hydroxyl groups excluding tert-OH is 3. The summed E-state index contributed by atoms with van der Waals surface area (Å²) in [7, 11) is 0. The molecule has 0 aliphatic heterocycles. The molecule has 0 fully saturated rings. The maximum absolute atomic E-state index is 10.4. The van der Waals surface area contributed by atoms with Gasteiger partial charge >= 0.3 is 6.09 Å². The van der Waals surface area contributed by atoms with Gasteiger partial charge in [0.2, 0.25) is 0 Å².